The molecule has 1 atom stereocenters. The maximum Gasteiger partial charge on any atom is 0.261 e. The van der Waals surface area contributed by atoms with Crippen LogP contribution in [-0.2, 0) is 0 Å². The molecule has 5 nitrogen and oxygen atoms in total. The predicted molar refractivity (Wildman–Crippen MR) is 99.4 cm³/mol. The summed E-state index contributed by atoms with van der Waals surface area (Å²) in [5, 5.41) is 4.01. The van der Waals surface area contributed by atoms with E-state index in [1.165, 1.54) is 24.2 Å². The Bertz CT molecular complexity index is 608. The number of carbonyl (C=O) groups is 1. The van der Waals surface area contributed by atoms with E-state index in [1.54, 1.807) is 11.3 Å². The van der Waals surface area contributed by atoms with Crippen molar-refractivity contribution in [2.45, 2.75) is 18.9 Å². The molecule has 1 unspecified atom stereocenters. The van der Waals surface area contributed by atoms with Crippen molar-refractivity contribution in [1.82, 2.24) is 10.3 Å². The number of nitrogens with one attached hydrogen (secondary N) is 1. The van der Waals surface area contributed by atoms with E-state index in [4.69, 9.17) is 5.73 Å². The zero-order chi connectivity index (χ0) is 14.3. The van der Waals surface area contributed by atoms with Crippen LogP contribution in [0.1, 0.15) is 22.5 Å². The van der Waals surface area contributed by atoms with Crippen molar-refractivity contribution in [3.63, 3.8) is 0 Å². The van der Waals surface area contributed by atoms with E-state index in [2.05, 4.69) is 10.3 Å². The lowest BCUT2D eigenvalue weighted by Gasteiger charge is -2.14. The molecule has 9 heteroatoms. The summed E-state index contributed by atoms with van der Waals surface area (Å²) in [6.45, 7) is 0.513. The molecular formula is C13H20Cl2N4OS2. The molecule has 1 aliphatic carbocycles. The maximum atomic E-state index is 12.2. The smallest absolute Gasteiger partial charge is 0.261 e. The number of thiophene rings is 1. The summed E-state index contributed by atoms with van der Waals surface area (Å²) < 4.78 is 1.07. The van der Waals surface area contributed by atoms with Crippen molar-refractivity contribution < 1.29 is 4.79 Å². The zero-order valence-electron chi connectivity index (χ0n) is 12.4. The molecule has 3 rings (SSSR count). The second-order valence-electron chi connectivity index (χ2n) is 5.32. The number of thiazole rings is 1. The fraction of sp³-hybridized carbons (Fsp3) is 0.538. The van der Waals surface area contributed by atoms with E-state index >= 15 is 0 Å². The summed E-state index contributed by atoms with van der Waals surface area (Å²) in [6.07, 6.45) is 2.35. The van der Waals surface area contributed by atoms with Crippen LogP contribution >= 0.6 is 47.5 Å². The monoisotopic (exact) mass is 382 g/mol. The Morgan fingerprint density at radius 3 is 2.64 bits per heavy atom. The van der Waals surface area contributed by atoms with Gasteiger partial charge in [0.05, 0.1) is 9.58 Å². The molecule has 2 aromatic rings. The SMILES string of the molecule is CN(C)c1nc2sc(C(=O)NC(CN)C3CC3)cc2s1.Cl.Cl. The first-order chi connectivity index (χ1) is 9.58. The van der Waals surface area contributed by atoms with Gasteiger partial charge in [0, 0.05) is 26.7 Å². The van der Waals surface area contributed by atoms with Gasteiger partial charge in [-0.15, -0.1) is 36.2 Å². The summed E-state index contributed by atoms with van der Waals surface area (Å²) in [7, 11) is 3.94. The molecule has 3 N–H and O–H groups in total. The highest BCUT2D eigenvalue weighted by atomic mass is 35.5. The fourth-order valence-corrected chi connectivity index (χ4v) is 4.17. The number of carbonyl (C=O) groups excluding carboxylic acids is 1. The Kier molecular flexibility index (Phi) is 6.88. The van der Waals surface area contributed by atoms with Crippen LogP contribution in [0.2, 0.25) is 0 Å². The molecule has 0 radical (unpaired) electrons. The molecule has 22 heavy (non-hydrogen) atoms. The molecule has 0 aliphatic heterocycles. The highest BCUT2D eigenvalue weighted by molar-refractivity contribution is 7.29. The third kappa shape index (κ3) is 4.02. The van der Waals surface area contributed by atoms with Gasteiger partial charge in [0.1, 0.15) is 4.83 Å². The van der Waals surface area contributed by atoms with Crippen molar-refractivity contribution in [2.75, 3.05) is 25.5 Å². The first kappa shape index (κ1) is 19.4. The minimum Gasteiger partial charge on any atom is -0.354 e. The molecule has 1 amide bonds. The van der Waals surface area contributed by atoms with Gasteiger partial charge >= 0.3 is 0 Å². The Hall–Kier alpha value is -0.600. The molecular weight excluding hydrogens is 363 g/mol. The Balaban J connectivity index is 0.00000121. The molecule has 2 heterocycles. The zero-order valence-corrected chi connectivity index (χ0v) is 15.6. The summed E-state index contributed by atoms with van der Waals surface area (Å²) in [6, 6.07) is 2.05. The minimum absolute atomic E-state index is 0. The number of hydrogen-bond acceptors (Lipinski definition) is 6. The van der Waals surface area contributed by atoms with Crippen molar-refractivity contribution in [1.29, 1.82) is 0 Å². The van der Waals surface area contributed by atoms with Gasteiger partial charge in [-0.05, 0) is 24.8 Å². The van der Waals surface area contributed by atoms with E-state index in [-0.39, 0.29) is 36.8 Å². The van der Waals surface area contributed by atoms with Crippen LogP contribution in [-0.4, -0.2) is 37.6 Å². The standard InChI is InChI=1S/C13H18N4OS2.2ClH/c1-17(2)13-16-12-10(20-13)5-9(19-12)11(18)15-8(6-14)7-3-4-7;;/h5,7-8H,3-4,6,14H2,1-2H3,(H,15,18);2*1H. The Morgan fingerprint density at radius 1 is 1.45 bits per heavy atom. The molecule has 0 spiro atoms. The average molecular weight is 383 g/mol. The third-order valence-electron chi connectivity index (χ3n) is 3.45. The number of anilines is 1. The second-order valence-corrected chi connectivity index (χ2v) is 7.36. The number of amides is 1. The number of fused-ring (bicyclic) bond motifs is 1. The topological polar surface area (TPSA) is 71.2 Å². The first-order valence-electron chi connectivity index (χ1n) is 6.67. The first-order valence-corrected chi connectivity index (χ1v) is 8.30. The van der Waals surface area contributed by atoms with Crippen LogP contribution in [0.15, 0.2) is 6.07 Å². The van der Waals surface area contributed by atoms with Gasteiger partial charge in [-0.1, -0.05) is 11.3 Å². The maximum absolute atomic E-state index is 12.2. The normalized spacial score (nSPS) is 14.9. The molecule has 1 fully saturated rings. The van der Waals surface area contributed by atoms with Crippen molar-refractivity contribution in [2.24, 2.45) is 11.7 Å². The lowest BCUT2D eigenvalue weighted by molar-refractivity contribution is 0.0937. The Morgan fingerprint density at radius 2 is 2.14 bits per heavy atom. The summed E-state index contributed by atoms with van der Waals surface area (Å²) in [5.74, 6) is 0.553. The van der Waals surface area contributed by atoms with Gasteiger partial charge in [0.15, 0.2) is 5.13 Å². The van der Waals surface area contributed by atoms with Crippen molar-refractivity contribution in [3.8, 4) is 0 Å². The molecule has 1 aliphatic rings. The van der Waals surface area contributed by atoms with Crippen LogP contribution in [0.25, 0.3) is 9.53 Å². The highest BCUT2D eigenvalue weighted by Gasteiger charge is 2.31. The Labute approximate surface area is 150 Å². The molecule has 0 aromatic carbocycles. The van der Waals surface area contributed by atoms with Gasteiger partial charge in [-0.25, -0.2) is 4.98 Å². The number of nitrogens with zero attached hydrogens (tertiary/aromatic N) is 2. The lowest BCUT2D eigenvalue weighted by Crippen LogP contribution is -2.41. The van der Waals surface area contributed by atoms with Gasteiger partial charge in [0.2, 0.25) is 0 Å². The number of hydrogen-bond donors (Lipinski definition) is 2. The molecule has 2 aromatic heterocycles. The number of nitrogens with two attached hydrogens (primary N) is 1. The van der Waals surface area contributed by atoms with E-state index in [1.807, 2.05) is 25.1 Å². The van der Waals surface area contributed by atoms with Crippen molar-refractivity contribution >= 4 is 68.1 Å². The van der Waals surface area contributed by atoms with Crippen LogP contribution in [0.3, 0.4) is 0 Å². The van der Waals surface area contributed by atoms with Crippen LogP contribution in [0.5, 0.6) is 0 Å². The van der Waals surface area contributed by atoms with E-state index in [9.17, 15) is 4.79 Å². The lowest BCUT2D eigenvalue weighted by atomic mass is 10.2. The molecule has 0 bridgehead atoms. The number of rotatable bonds is 5. The number of halogens is 2. The number of aromatic nitrogens is 1. The van der Waals surface area contributed by atoms with Crippen LogP contribution in [0, 0.1) is 5.92 Å². The van der Waals surface area contributed by atoms with Crippen LogP contribution < -0.4 is 16.0 Å². The summed E-state index contributed by atoms with van der Waals surface area (Å²) in [4.78, 5) is 20.4. The van der Waals surface area contributed by atoms with Crippen LogP contribution in [0.4, 0.5) is 5.13 Å². The quantitative estimate of drug-likeness (QED) is 0.833. The molecule has 0 saturated heterocycles. The van der Waals surface area contributed by atoms with E-state index < -0.39 is 0 Å². The average Bonchev–Trinajstić information content (AvgIpc) is 3.03. The second kappa shape index (κ2) is 7.79. The highest BCUT2D eigenvalue weighted by Crippen LogP contribution is 2.35. The van der Waals surface area contributed by atoms with Gasteiger partial charge < -0.3 is 16.0 Å². The van der Waals surface area contributed by atoms with Gasteiger partial charge in [-0.3, -0.25) is 4.79 Å². The van der Waals surface area contributed by atoms with E-state index in [0.717, 1.165) is 19.5 Å². The third-order valence-corrected chi connectivity index (χ3v) is 5.77. The molecule has 124 valence electrons. The minimum atomic E-state index is -0.0195. The summed E-state index contributed by atoms with van der Waals surface area (Å²) in [5.41, 5.74) is 5.72. The van der Waals surface area contributed by atoms with Crippen molar-refractivity contribution in [3.05, 3.63) is 10.9 Å². The fourth-order valence-electron chi connectivity index (χ4n) is 2.13. The summed E-state index contributed by atoms with van der Waals surface area (Å²) >= 11 is 3.06. The molecule has 1 saturated carbocycles. The van der Waals surface area contributed by atoms with Gasteiger partial charge in [0.25, 0.3) is 5.91 Å². The van der Waals surface area contributed by atoms with Gasteiger partial charge in [-0.2, -0.15) is 0 Å². The largest absolute Gasteiger partial charge is 0.354 e. The predicted octanol–water partition coefficient (Wildman–Crippen LogP) is 2.73. The van der Waals surface area contributed by atoms with E-state index in [0.29, 0.717) is 12.5 Å².